The van der Waals surface area contributed by atoms with Crippen LogP contribution < -0.4 is 4.90 Å². The molecule has 0 unspecified atom stereocenters. The molecular weight excluding hydrogens is 434 g/mol. The lowest BCUT2D eigenvalue weighted by Crippen LogP contribution is -2.41. The Bertz CT molecular complexity index is 1420. The molecule has 0 radical (unpaired) electrons. The number of amides is 2. The maximum atomic E-state index is 14.5. The molecule has 3 aromatic rings. The topological polar surface area (TPSA) is 54.5 Å². The van der Waals surface area contributed by atoms with E-state index in [9.17, 15) is 14.4 Å². The molecule has 3 aromatic carbocycles. The van der Waals surface area contributed by atoms with E-state index in [4.69, 9.17) is 0 Å². The van der Waals surface area contributed by atoms with Crippen LogP contribution in [0.1, 0.15) is 37.0 Å². The minimum Gasteiger partial charge on any atom is -0.298 e. The van der Waals surface area contributed by atoms with Gasteiger partial charge in [-0.25, -0.2) is 4.90 Å². The first kappa shape index (κ1) is 21.7. The molecule has 4 atom stereocenters. The van der Waals surface area contributed by atoms with Crippen LogP contribution in [0.5, 0.6) is 0 Å². The number of anilines is 1. The van der Waals surface area contributed by atoms with E-state index in [1.807, 2.05) is 106 Å². The van der Waals surface area contributed by atoms with Crippen molar-refractivity contribution in [1.29, 1.82) is 0 Å². The summed E-state index contributed by atoms with van der Waals surface area (Å²) in [5.74, 6) is -1.94. The average molecular weight is 462 g/mol. The van der Waals surface area contributed by atoms with Crippen molar-refractivity contribution in [1.82, 2.24) is 0 Å². The van der Waals surface area contributed by atoms with E-state index in [2.05, 4.69) is 0 Å². The molecule has 1 saturated heterocycles. The standard InChI is InChI=1S/C31H27NO3/c1-4-31-24(21-16-9-6-10-17-21)23(20-14-7-5-8-15-20)30(3,29(31)35)25-26(31)28(34)32(27(25)33)22-18-12-11-13-19(22)2/h5-18,25-26H,4H2,1-3H3/t25-,26-,30-,31+/m0/s1. The first-order chi connectivity index (χ1) is 16.9. The van der Waals surface area contributed by atoms with Gasteiger partial charge < -0.3 is 0 Å². The van der Waals surface area contributed by atoms with E-state index in [0.29, 0.717) is 12.1 Å². The van der Waals surface area contributed by atoms with Gasteiger partial charge in [-0.3, -0.25) is 14.4 Å². The molecule has 2 bridgehead atoms. The number of rotatable bonds is 4. The Kier molecular flexibility index (Phi) is 4.56. The van der Waals surface area contributed by atoms with Crippen LogP contribution in [-0.2, 0) is 14.4 Å². The smallest absolute Gasteiger partial charge is 0.239 e. The van der Waals surface area contributed by atoms with Crippen molar-refractivity contribution in [2.45, 2.75) is 27.2 Å². The number of nitrogens with zero attached hydrogens (tertiary/aromatic N) is 1. The van der Waals surface area contributed by atoms with Gasteiger partial charge in [-0.05, 0) is 54.2 Å². The second-order valence-electron chi connectivity index (χ2n) is 10.1. The molecule has 0 N–H and O–H groups in total. The third-order valence-corrected chi connectivity index (χ3v) is 8.59. The molecule has 0 spiro atoms. The zero-order valence-corrected chi connectivity index (χ0v) is 20.1. The number of aryl methyl sites for hydroxylation is 1. The van der Waals surface area contributed by atoms with Crippen LogP contribution in [0, 0.1) is 29.6 Å². The summed E-state index contributed by atoms with van der Waals surface area (Å²) >= 11 is 0. The lowest BCUT2D eigenvalue weighted by molar-refractivity contribution is -0.134. The lowest BCUT2D eigenvalue weighted by Gasteiger charge is -2.37. The fraction of sp³-hybridized carbons (Fsp3) is 0.258. The predicted molar refractivity (Wildman–Crippen MR) is 136 cm³/mol. The number of ketones is 1. The van der Waals surface area contributed by atoms with Gasteiger partial charge in [0, 0.05) is 0 Å². The van der Waals surface area contributed by atoms with E-state index in [1.165, 1.54) is 4.90 Å². The summed E-state index contributed by atoms with van der Waals surface area (Å²) in [7, 11) is 0. The maximum Gasteiger partial charge on any atom is 0.239 e. The Morgan fingerprint density at radius 3 is 1.80 bits per heavy atom. The Labute approximate surface area is 205 Å². The van der Waals surface area contributed by atoms with Crippen molar-refractivity contribution >= 4 is 34.4 Å². The van der Waals surface area contributed by atoms with Crippen molar-refractivity contribution in [3.8, 4) is 0 Å². The number of Topliss-reactive ketones (excluding diaryl/α,β-unsaturated/α-hetero) is 1. The molecule has 4 nitrogen and oxygen atoms in total. The van der Waals surface area contributed by atoms with E-state index in [0.717, 1.165) is 27.8 Å². The van der Waals surface area contributed by atoms with Gasteiger partial charge in [0.2, 0.25) is 11.8 Å². The molecule has 35 heavy (non-hydrogen) atoms. The first-order valence-corrected chi connectivity index (χ1v) is 12.2. The van der Waals surface area contributed by atoms with Crippen molar-refractivity contribution in [2.75, 3.05) is 4.90 Å². The lowest BCUT2D eigenvalue weighted by atomic mass is 9.62. The highest BCUT2D eigenvalue weighted by atomic mass is 16.2. The summed E-state index contributed by atoms with van der Waals surface area (Å²) in [5, 5.41) is 0. The van der Waals surface area contributed by atoms with Gasteiger partial charge in [-0.1, -0.05) is 85.8 Å². The van der Waals surface area contributed by atoms with Gasteiger partial charge in [-0.2, -0.15) is 0 Å². The molecule has 1 aliphatic heterocycles. The molecule has 3 aliphatic rings. The SMILES string of the molecule is CC[C@@]12C(=O)[C@@](C)(C(c3ccccc3)=C1c1ccccc1)[C@@H]1C(=O)N(c3ccccc3C)C(=O)[C@H]12. The third-order valence-electron chi connectivity index (χ3n) is 8.59. The second kappa shape index (κ2) is 7.35. The predicted octanol–water partition coefficient (Wildman–Crippen LogP) is 5.71. The number of para-hydroxylation sites is 1. The van der Waals surface area contributed by atoms with E-state index < -0.39 is 22.7 Å². The van der Waals surface area contributed by atoms with E-state index in [1.54, 1.807) is 0 Å². The summed E-state index contributed by atoms with van der Waals surface area (Å²) in [6.07, 6.45) is 0.462. The minimum absolute atomic E-state index is 0.00587. The summed E-state index contributed by atoms with van der Waals surface area (Å²) in [6.45, 7) is 5.78. The van der Waals surface area contributed by atoms with E-state index >= 15 is 0 Å². The summed E-state index contributed by atoms with van der Waals surface area (Å²) in [6, 6.07) is 27.3. The molecule has 0 aromatic heterocycles. The summed E-state index contributed by atoms with van der Waals surface area (Å²) < 4.78 is 0. The number of hydrogen-bond acceptors (Lipinski definition) is 3. The Morgan fingerprint density at radius 2 is 1.23 bits per heavy atom. The number of fused-ring (bicyclic) bond motifs is 5. The van der Waals surface area contributed by atoms with Crippen molar-refractivity contribution < 1.29 is 14.4 Å². The van der Waals surface area contributed by atoms with Gasteiger partial charge in [0.05, 0.1) is 28.4 Å². The van der Waals surface area contributed by atoms with Crippen LogP contribution in [0.15, 0.2) is 84.9 Å². The summed E-state index contributed by atoms with van der Waals surface area (Å²) in [5.41, 5.74) is 3.03. The van der Waals surface area contributed by atoms with E-state index in [-0.39, 0.29) is 17.6 Å². The van der Waals surface area contributed by atoms with Crippen LogP contribution in [0.2, 0.25) is 0 Å². The zero-order chi connectivity index (χ0) is 24.5. The van der Waals surface area contributed by atoms with Crippen LogP contribution in [0.25, 0.3) is 11.1 Å². The highest BCUT2D eigenvalue weighted by molar-refractivity contribution is 6.34. The van der Waals surface area contributed by atoms with Crippen LogP contribution in [0.4, 0.5) is 5.69 Å². The normalized spacial score (nSPS) is 29.3. The first-order valence-electron chi connectivity index (χ1n) is 12.2. The van der Waals surface area contributed by atoms with Crippen LogP contribution in [-0.4, -0.2) is 17.6 Å². The second-order valence-corrected chi connectivity index (χ2v) is 10.1. The molecule has 6 rings (SSSR count). The molecule has 174 valence electrons. The van der Waals surface area contributed by atoms with Gasteiger partial charge >= 0.3 is 0 Å². The number of carbonyl (C=O) groups excluding carboxylic acids is 3. The highest BCUT2D eigenvalue weighted by Crippen LogP contribution is 2.74. The Morgan fingerprint density at radius 1 is 0.714 bits per heavy atom. The molecule has 4 heteroatoms. The third kappa shape index (κ3) is 2.49. The van der Waals surface area contributed by atoms with Gasteiger partial charge in [0.15, 0.2) is 5.78 Å². The zero-order valence-electron chi connectivity index (χ0n) is 20.1. The molecule has 2 amide bonds. The van der Waals surface area contributed by atoms with Crippen LogP contribution in [0.3, 0.4) is 0 Å². The monoisotopic (exact) mass is 461 g/mol. The fourth-order valence-corrected chi connectivity index (χ4v) is 7.18. The number of hydrogen-bond donors (Lipinski definition) is 0. The number of carbonyl (C=O) groups is 3. The quantitative estimate of drug-likeness (QED) is 0.468. The Balaban J connectivity index is 1.66. The van der Waals surface area contributed by atoms with Crippen molar-refractivity contribution in [3.63, 3.8) is 0 Å². The average Bonchev–Trinajstić information content (AvgIpc) is 3.35. The Hall–Kier alpha value is -3.79. The van der Waals surface area contributed by atoms with Crippen molar-refractivity contribution in [3.05, 3.63) is 102 Å². The molecular formula is C31H27NO3. The molecule has 2 aliphatic carbocycles. The van der Waals surface area contributed by atoms with Gasteiger partial charge in [0.1, 0.15) is 0 Å². The minimum atomic E-state index is -1.09. The van der Waals surface area contributed by atoms with Crippen LogP contribution >= 0.6 is 0 Å². The molecule has 2 fully saturated rings. The molecule has 1 heterocycles. The number of allylic oxidation sites excluding steroid dienone is 2. The van der Waals surface area contributed by atoms with Gasteiger partial charge in [0.25, 0.3) is 0 Å². The summed E-state index contributed by atoms with van der Waals surface area (Å²) in [4.78, 5) is 44.1. The van der Waals surface area contributed by atoms with Gasteiger partial charge in [-0.15, -0.1) is 0 Å². The molecule has 1 saturated carbocycles. The fourth-order valence-electron chi connectivity index (χ4n) is 7.18. The highest BCUT2D eigenvalue weighted by Gasteiger charge is 2.79. The number of benzene rings is 3. The number of imide groups is 1. The largest absolute Gasteiger partial charge is 0.298 e. The van der Waals surface area contributed by atoms with Crippen molar-refractivity contribution in [2.24, 2.45) is 22.7 Å². The maximum absolute atomic E-state index is 14.5.